The highest BCUT2D eigenvalue weighted by molar-refractivity contribution is 5.59. The van der Waals surface area contributed by atoms with Crippen LogP contribution in [-0.2, 0) is 9.47 Å². The summed E-state index contributed by atoms with van der Waals surface area (Å²) in [6, 6.07) is 0. The molecule has 0 fully saturated rings. The van der Waals surface area contributed by atoms with Crippen LogP contribution in [0.2, 0.25) is 0 Å². The van der Waals surface area contributed by atoms with Crippen LogP contribution in [-0.4, -0.2) is 26.0 Å². The quantitative estimate of drug-likeness (QED) is 0.489. The Balaban J connectivity index is 0. The molecule has 12 heavy (non-hydrogen) atoms. The molecule has 0 N–H and O–H groups in total. The number of rotatable bonds is 2. The number of alkyl halides is 3. The van der Waals surface area contributed by atoms with E-state index in [-0.39, 0.29) is 0 Å². The van der Waals surface area contributed by atoms with E-state index in [0.717, 1.165) is 7.11 Å². The van der Waals surface area contributed by atoms with Gasteiger partial charge in [0.1, 0.15) is 0 Å². The van der Waals surface area contributed by atoms with Crippen molar-refractivity contribution in [2.75, 3.05) is 13.8 Å². The van der Waals surface area contributed by atoms with Gasteiger partial charge in [0, 0.05) is 0 Å². The third kappa shape index (κ3) is 6.91. The van der Waals surface area contributed by atoms with Crippen molar-refractivity contribution < 1.29 is 27.4 Å². The fourth-order valence-corrected chi connectivity index (χ4v) is 0.191. The monoisotopic (exact) mass is 186 g/mol. The molecule has 0 aliphatic rings. The van der Waals surface area contributed by atoms with Crippen LogP contribution in [0.5, 0.6) is 0 Å². The fourth-order valence-electron chi connectivity index (χ4n) is 0.191. The van der Waals surface area contributed by atoms with Gasteiger partial charge in [-0.05, 0) is 0 Å². The van der Waals surface area contributed by atoms with Crippen molar-refractivity contribution >= 4 is 6.16 Å². The van der Waals surface area contributed by atoms with Gasteiger partial charge in [-0.25, -0.2) is 9.18 Å². The predicted octanol–water partition coefficient (Wildman–Crippen LogP) is 2.13. The van der Waals surface area contributed by atoms with E-state index in [1.807, 2.05) is 0 Å². The van der Waals surface area contributed by atoms with Crippen molar-refractivity contribution in [2.45, 2.75) is 6.11 Å². The molecule has 0 heterocycles. The van der Waals surface area contributed by atoms with Gasteiger partial charge in [0.2, 0.25) is 0 Å². The Morgan fingerprint density at radius 2 is 1.92 bits per heavy atom. The normalized spacial score (nSPS) is 9.33. The first-order valence-corrected chi connectivity index (χ1v) is 2.72. The number of hydrogen-bond donors (Lipinski definition) is 0. The Hall–Kier alpha value is -1.20. The summed E-state index contributed by atoms with van der Waals surface area (Å²) in [4.78, 5) is 9.90. The fraction of sp³-hybridized carbons (Fsp3) is 0.500. The van der Waals surface area contributed by atoms with E-state index in [4.69, 9.17) is 0 Å². The van der Waals surface area contributed by atoms with E-state index in [0.29, 0.717) is 0 Å². The largest absolute Gasteiger partial charge is 0.512 e. The molecule has 0 unspecified atom stereocenters. The van der Waals surface area contributed by atoms with E-state index in [9.17, 15) is 18.0 Å². The van der Waals surface area contributed by atoms with Crippen molar-refractivity contribution in [3.05, 3.63) is 13.2 Å². The Morgan fingerprint density at radius 1 is 1.50 bits per heavy atom. The Morgan fingerprint density at radius 3 is 2.17 bits per heavy atom. The van der Waals surface area contributed by atoms with Crippen molar-refractivity contribution in [1.82, 2.24) is 0 Å². The maximum absolute atomic E-state index is 11.7. The molecule has 0 amide bonds. The minimum atomic E-state index is -4.08. The number of methoxy groups -OCH3 is 1. The van der Waals surface area contributed by atoms with Crippen LogP contribution in [0.15, 0.2) is 13.2 Å². The highest BCUT2D eigenvalue weighted by Crippen LogP contribution is 2.15. The van der Waals surface area contributed by atoms with Gasteiger partial charge in [-0.3, -0.25) is 0 Å². The average molecular weight is 186 g/mol. The number of hydrogen-bond acceptors (Lipinski definition) is 3. The zero-order chi connectivity index (χ0) is 10.2. The van der Waals surface area contributed by atoms with Gasteiger partial charge in [0.05, 0.1) is 7.11 Å². The van der Waals surface area contributed by atoms with Gasteiger partial charge in [0.15, 0.2) is 6.67 Å². The molecule has 0 aliphatic carbocycles. The summed E-state index contributed by atoms with van der Waals surface area (Å²) in [7, 11) is 0.844. The van der Waals surface area contributed by atoms with E-state index < -0.39 is 18.9 Å². The summed E-state index contributed by atoms with van der Waals surface area (Å²) in [5.74, 6) is 0. The van der Waals surface area contributed by atoms with Crippen LogP contribution in [0.3, 0.4) is 0 Å². The Labute approximate surface area is 67.8 Å². The maximum Gasteiger partial charge on any atom is 0.512 e. The van der Waals surface area contributed by atoms with Gasteiger partial charge in [-0.2, -0.15) is 8.78 Å². The van der Waals surface area contributed by atoms with Crippen molar-refractivity contribution in [3.63, 3.8) is 0 Å². The summed E-state index contributed by atoms with van der Waals surface area (Å²) in [6.45, 7) is 3.95. The molecule has 0 radical (unpaired) electrons. The Kier molecular flexibility index (Phi) is 7.26. The van der Waals surface area contributed by atoms with E-state index in [1.54, 1.807) is 0 Å². The lowest BCUT2D eigenvalue weighted by Crippen LogP contribution is -2.26. The van der Waals surface area contributed by atoms with Gasteiger partial charge in [-0.1, -0.05) is 0 Å². The highest BCUT2D eigenvalue weighted by Gasteiger charge is 2.34. The SMILES string of the molecule is C=C.COC(=O)OC(F)(F)CF. The average Bonchev–Trinajstić information content (AvgIpc) is 2.07. The van der Waals surface area contributed by atoms with Crippen LogP contribution in [0, 0.1) is 0 Å². The summed E-state index contributed by atoms with van der Waals surface area (Å²) in [5, 5.41) is 0. The molecule has 6 heteroatoms. The molecule has 0 rings (SSSR count). The number of carbonyl (C=O) groups is 1. The van der Waals surface area contributed by atoms with Crippen LogP contribution >= 0.6 is 0 Å². The predicted molar refractivity (Wildman–Crippen MR) is 35.7 cm³/mol. The molecule has 0 aromatic carbocycles. The smallest absolute Gasteiger partial charge is 0.437 e. The van der Waals surface area contributed by atoms with Gasteiger partial charge in [-0.15, -0.1) is 13.2 Å². The second-order valence-corrected chi connectivity index (χ2v) is 1.33. The lowest BCUT2D eigenvalue weighted by Gasteiger charge is -2.10. The summed E-state index contributed by atoms with van der Waals surface area (Å²) >= 11 is 0. The minimum Gasteiger partial charge on any atom is -0.437 e. The first-order valence-electron chi connectivity index (χ1n) is 2.72. The first-order chi connectivity index (χ1) is 5.52. The molecule has 0 atom stereocenters. The molecular weight excluding hydrogens is 177 g/mol. The molecule has 72 valence electrons. The zero-order valence-electron chi connectivity index (χ0n) is 6.48. The topological polar surface area (TPSA) is 35.5 Å². The lowest BCUT2D eigenvalue weighted by molar-refractivity contribution is -0.217. The van der Waals surface area contributed by atoms with Gasteiger partial charge < -0.3 is 9.47 Å². The molecule has 0 saturated heterocycles. The van der Waals surface area contributed by atoms with Crippen molar-refractivity contribution in [3.8, 4) is 0 Å². The minimum absolute atomic E-state index is 0.844. The standard InChI is InChI=1S/C4H5F3O3.C2H4/c1-9-3(8)10-4(6,7)2-5;1-2/h2H2,1H3;1-2H2. The summed E-state index contributed by atoms with van der Waals surface area (Å²) in [5.41, 5.74) is 0. The van der Waals surface area contributed by atoms with E-state index in [1.165, 1.54) is 0 Å². The third-order valence-corrected chi connectivity index (χ3v) is 0.555. The summed E-state index contributed by atoms with van der Waals surface area (Å²) in [6.07, 6.45) is -5.68. The number of carbonyl (C=O) groups excluding carboxylic acids is 1. The van der Waals surface area contributed by atoms with Gasteiger partial charge >= 0.3 is 12.3 Å². The van der Waals surface area contributed by atoms with Crippen LogP contribution in [0.1, 0.15) is 0 Å². The first kappa shape index (κ1) is 13.4. The van der Waals surface area contributed by atoms with Crippen LogP contribution < -0.4 is 0 Å². The van der Waals surface area contributed by atoms with Crippen molar-refractivity contribution in [1.29, 1.82) is 0 Å². The molecule has 0 aromatic rings. The maximum atomic E-state index is 11.7. The number of halogens is 3. The van der Waals surface area contributed by atoms with Crippen LogP contribution in [0.25, 0.3) is 0 Å². The van der Waals surface area contributed by atoms with Crippen LogP contribution in [0.4, 0.5) is 18.0 Å². The molecular formula is C6H9F3O3. The molecule has 3 nitrogen and oxygen atoms in total. The highest BCUT2D eigenvalue weighted by atomic mass is 19.3. The molecule has 0 saturated carbocycles. The molecule has 0 bridgehead atoms. The Bertz CT molecular complexity index is 138. The molecule has 0 aliphatic heterocycles. The second-order valence-electron chi connectivity index (χ2n) is 1.33. The second kappa shape index (κ2) is 6.51. The van der Waals surface area contributed by atoms with E-state index >= 15 is 0 Å². The van der Waals surface area contributed by atoms with E-state index in [2.05, 4.69) is 22.6 Å². The molecule has 0 spiro atoms. The van der Waals surface area contributed by atoms with Gasteiger partial charge in [0.25, 0.3) is 0 Å². The summed E-state index contributed by atoms with van der Waals surface area (Å²) < 4.78 is 41.4. The zero-order valence-corrected chi connectivity index (χ0v) is 6.48. The van der Waals surface area contributed by atoms with Crippen molar-refractivity contribution in [2.24, 2.45) is 0 Å². The lowest BCUT2D eigenvalue weighted by atomic mass is 10.7. The number of ether oxygens (including phenoxy) is 2. The third-order valence-electron chi connectivity index (χ3n) is 0.555. The molecule has 0 aromatic heterocycles.